The van der Waals surface area contributed by atoms with Crippen molar-refractivity contribution in [3.05, 3.63) is 0 Å². The average Bonchev–Trinajstić information content (AvgIpc) is 2.32. The zero-order chi connectivity index (χ0) is 16.7. The zero-order valence-electron chi connectivity index (χ0n) is 11.7. The zero-order valence-corrected chi connectivity index (χ0v) is 11.7. The third-order valence-electron chi connectivity index (χ3n) is 2.50. The number of carboxylic acid groups (broad SMARTS) is 1. The Bertz CT molecular complexity index is 423. The number of hydrogen-bond donors (Lipinski definition) is 6. The summed E-state index contributed by atoms with van der Waals surface area (Å²) in [6.45, 7) is 2.53. The Balaban J connectivity index is 4.98. The van der Waals surface area contributed by atoms with Crippen molar-refractivity contribution in [2.45, 2.75) is 44.5 Å². The Morgan fingerprint density at radius 1 is 1.10 bits per heavy atom. The molecule has 0 spiro atoms. The summed E-state index contributed by atoms with van der Waals surface area (Å²) in [5.74, 6) is -4.00. The van der Waals surface area contributed by atoms with Gasteiger partial charge < -0.3 is 32.3 Å². The molecule has 0 aliphatic rings. The first-order valence-corrected chi connectivity index (χ1v) is 6.11. The maximum atomic E-state index is 11.9. The van der Waals surface area contributed by atoms with Gasteiger partial charge in [-0.05, 0) is 13.8 Å². The van der Waals surface area contributed by atoms with E-state index < -0.39 is 54.3 Å². The third kappa shape index (κ3) is 6.68. The lowest BCUT2D eigenvalue weighted by atomic mass is 10.1. The summed E-state index contributed by atoms with van der Waals surface area (Å²) in [4.78, 5) is 45.2. The topological polar surface area (TPSA) is 185 Å². The van der Waals surface area contributed by atoms with Crippen LogP contribution in [0.25, 0.3) is 0 Å². The molecule has 0 fully saturated rings. The highest BCUT2D eigenvalue weighted by Crippen LogP contribution is 1.98. The molecule has 0 aromatic carbocycles. The number of aliphatic carboxylic acids is 1. The lowest BCUT2D eigenvalue weighted by molar-refractivity contribution is -0.145. The molecule has 0 saturated carbocycles. The van der Waals surface area contributed by atoms with E-state index in [1.165, 1.54) is 13.8 Å². The second-order valence-electron chi connectivity index (χ2n) is 4.59. The lowest BCUT2D eigenvalue weighted by Crippen LogP contribution is -2.57. The summed E-state index contributed by atoms with van der Waals surface area (Å²) in [5.41, 5.74) is 10.3. The van der Waals surface area contributed by atoms with Crippen LogP contribution >= 0.6 is 0 Å². The van der Waals surface area contributed by atoms with Gasteiger partial charge in [0.05, 0.1) is 18.6 Å². The number of amides is 3. The molecule has 10 heteroatoms. The Morgan fingerprint density at radius 3 is 1.95 bits per heavy atom. The minimum Gasteiger partial charge on any atom is -0.480 e. The summed E-state index contributed by atoms with van der Waals surface area (Å²) in [7, 11) is 0. The second kappa shape index (κ2) is 8.17. The SMILES string of the molecule is C[C@H](N)C(=O)N[C@@H](CC(N)=O)C(=O)N[C@H](C(=O)O)[C@@H](C)O. The highest BCUT2D eigenvalue weighted by Gasteiger charge is 2.30. The number of carbonyl (C=O) groups is 4. The Morgan fingerprint density at radius 2 is 1.62 bits per heavy atom. The fraction of sp³-hybridized carbons (Fsp3) is 0.636. The predicted octanol–water partition coefficient (Wildman–Crippen LogP) is -3.36. The van der Waals surface area contributed by atoms with Crippen molar-refractivity contribution in [1.29, 1.82) is 0 Å². The minimum atomic E-state index is -1.58. The Labute approximate surface area is 120 Å². The van der Waals surface area contributed by atoms with Crippen molar-refractivity contribution in [2.24, 2.45) is 11.5 Å². The monoisotopic (exact) mass is 304 g/mol. The van der Waals surface area contributed by atoms with Crippen LogP contribution in [0.3, 0.4) is 0 Å². The van der Waals surface area contributed by atoms with Crippen LogP contribution in [0, 0.1) is 0 Å². The summed E-state index contributed by atoms with van der Waals surface area (Å²) in [6.07, 6.45) is -1.90. The van der Waals surface area contributed by atoms with Gasteiger partial charge in [0.25, 0.3) is 0 Å². The van der Waals surface area contributed by atoms with E-state index in [1.807, 2.05) is 5.32 Å². The van der Waals surface area contributed by atoms with E-state index in [2.05, 4.69) is 5.32 Å². The quantitative estimate of drug-likeness (QED) is 0.270. The molecule has 21 heavy (non-hydrogen) atoms. The van der Waals surface area contributed by atoms with Crippen molar-refractivity contribution in [3.63, 3.8) is 0 Å². The van der Waals surface area contributed by atoms with Gasteiger partial charge in [-0.1, -0.05) is 0 Å². The number of nitrogens with two attached hydrogens (primary N) is 2. The van der Waals surface area contributed by atoms with Gasteiger partial charge in [-0.25, -0.2) is 4.79 Å². The second-order valence-corrected chi connectivity index (χ2v) is 4.59. The van der Waals surface area contributed by atoms with Gasteiger partial charge >= 0.3 is 5.97 Å². The molecule has 0 aromatic heterocycles. The van der Waals surface area contributed by atoms with E-state index in [4.69, 9.17) is 16.6 Å². The molecule has 8 N–H and O–H groups in total. The molecule has 120 valence electrons. The van der Waals surface area contributed by atoms with E-state index >= 15 is 0 Å². The van der Waals surface area contributed by atoms with Crippen molar-refractivity contribution < 1.29 is 29.4 Å². The molecular formula is C11H20N4O6. The van der Waals surface area contributed by atoms with Gasteiger partial charge in [-0.15, -0.1) is 0 Å². The van der Waals surface area contributed by atoms with Crippen LogP contribution in [0.5, 0.6) is 0 Å². The van der Waals surface area contributed by atoms with E-state index in [9.17, 15) is 24.3 Å². The van der Waals surface area contributed by atoms with Gasteiger partial charge in [0.1, 0.15) is 6.04 Å². The fourth-order valence-electron chi connectivity index (χ4n) is 1.36. The molecule has 0 saturated heterocycles. The van der Waals surface area contributed by atoms with Gasteiger partial charge in [-0.3, -0.25) is 14.4 Å². The van der Waals surface area contributed by atoms with Crippen LogP contribution in [0.1, 0.15) is 20.3 Å². The highest BCUT2D eigenvalue weighted by atomic mass is 16.4. The normalized spacial score (nSPS) is 16.2. The van der Waals surface area contributed by atoms with Crippen LogP contribution in [0.15, 0.2) is 0 Å². The third-order valence-corrected chi connectivity index (χ3v) is 2.50. The highest BCUT2D eigenvalue weighted by molar-refractivity contribution is 5.94. The average molecular weight is 304 g/mol. The van der Waals surface area contributed by atoms with E-state index in [0.717, 1.165) is 0 Å². The van der Waals surface area contributed by atoms with E-state index in [-0.39, 0.29) is 0 Å². The molecule has 10 nitrogen and oxygen atoms in total. The molecule has 0 heterocycles. The molecule has 3 amide bonds. The van der Waals surface area contributed by atoms with Gasteiger partial charge in [0.15, 0.2) is 6.04 Å². The first-order valence-electron chi connectivity index (χ1n) is 6.11. The molecule has 0 unspecified atom stereocenters. The summed E-state index contributed by atoms with van der Waals surface area (Å²) < 4.78 is 0. The lowest BCUT2D eigenvalue weighted by Gasteiger charge is -2.22. The molecule has 0 aliphatic carbocycles. The van der Waals surface area contributed by atoms with Crippen molar-refractivity contribution in [3.8, 4) is 0 Å². The number of primary amides is 1. The molecule has 0 aliphatic heterocycles. The van der Waals surface area contributed by atoms with Crippen LogP contribution in [0.4, 0.5) is 0 Å². The van der Waals surface area contributed by atoms with Crippen LogP contribution in [0.2, 0.25) is 0 Å². The van der Waals surface area contributed by atoms with Gasteiger partial charge in [0, 0.05) is 0 Å². The number of carboxylic acids is 1. The number of nitrogens with one attached hydrogen (secondary N) is 2. The van der Waals surface area contributed by atoms with Crippen molar-refractivity contribution in [1.82, 2.24) is 10.6 Å². The molecule has 0 aromatic rings. The number of hydrogen-bond acceptors (Lipinski definition) is 6. The first kappa shape index (κ1) is 18.8. The summed E-state index contributed by atoms with van der Waals surface area (Å²) in [5, 5.41) is 22.3. The largest absolute Gasteiger partial charge is 0.480 e. The van der Waals surface area contributed by atoms with Gasteiger partial charge in [0.2, 0.25) is 17.7 Å². The van der Waals surface area contributed by atoms with Crippen LogP contribution < -0.4 is 22.1 Å². The van der Waals surface area contributed by atoms with Crippen LogP contribution in [-0.2, 0) is 19.2 Å². The molecule has 0 radical (unpaired) electrons. The molecule has 0 rings (SSSR count). The number of carbonyl (C=O) groups excluding carboxylic acids is 3. The number of aliphatic hydroxyl groups is 1. The maximum absolute atomic E-state index is 11.9. The predicted molar refractivity (Wildman–Crippen MR) is 70.6 cm³/mol. The molecule has 0 bridgehead atoms. The smallest absolute Gasteiger partial charge is 0.328 e. The molecule has 4 atom stereocenters. The maximum Gasteiger partial charge on any atom is 0.328 e. The summed E-state index contributed by atoms with van der Waals surface area (Å²) >= 11 is 0. The fourth-order valence-corrected chi connectivity index (χ4v) is 1.36. The Hall–Kier alpha value is -2.20. The number of rotatable bonds is 8. The Kier molecular flexibility index (Phi) is 7.31. The van der Waals surface area contributed by atoms with Crippen molar-refractivity contribution >= 4 is 23.7 Å². The van der Waals surface area contributed by atoms with Crippen molar-refractivity contribution in [2.75, 3.05) is 0 Å². The minimum absolute atomic E-state index is 0.531. The van der Waals surface area contributed by atoms with E-state index in [1.54, 1.807) is 0 Å². The standard InChI is InChI=1S/C11H20N4O6/c1-4(12)9(18)14-6(3-7(13)17)10(19)15-8(5(2)16)11(20)21/h4-6,8,16H,3,12H2,1-2H3,(H2,13,17)(H,14,18)(H,15,19)(H,20,21)/t4-,5+,6-,8-/m0/s1. The number of aliphatic hydroxyl groups excluding tert-OH is 1. The first-order chi connectivity index (χ1) is 9.56. The van der Waals surface area contributed by atoms with Crippen LogP contribution in [-0.4, -0.2) is 58.1 Å². The van der Waals surface area contributed by atoms with Gasteiger partial charge in [-0.2, -0.15) is 0 Å². The molecular weight excluding hydrogens is 284 g/mol. The van der Waals surface area contributed by atoms with E-state index in [0.29, 0.717) is 0 Å². The summed E-state index contributed by atoms with van der Waals surface area (Å²) in [6, 6.07) is -3.89.